The highest BCUT2D eigenvalue weighted by Gasteiger charge is 2.20. The Hall–Kier alpha value is -1.06. The molecule has 0 aromatic rings. The van der Waals surface area contributed by atoms with Gasteiger partial charge in [0.15, 0.2) is 0 Å². The van der Waals surface area contributed by atoms with Gasteiger partial charge in [-0.2, -0.15) is 0 Å². The number of hydrogen-bond donors (Lipinski definition) is 1. The van der Waals surface area contributed by atoms with Crippen LogP contribution in [0, 0.1) is 11.8 Å². The molecule has 0 amide bonds. The third-order valence-electron chi connectivity index (χ3n) is 2.15. The van der Waals surface area contributed by atoms with Crippen molar-refractivity contribution in [3.8, 4) is 0 Å². The minimum absolute atomic E-state index is 0.104. The summed E-state index contributed by atoms with van der Waals surface area (Å²) in [4.78, 5) is 15.4. The molecule has 1 atom stereocenters. The topological polar surface area (TPSA) is 50.7 Å². The molecule has 0 saturated carbocycles. The summed E-state index contributed by atoms with van der Waals surface area (Å²) >= 11 is 0. The van der Waals surface area contributed by atoms with Crippen LogP contribution >= 0.6 is 0 Å². The molecule has 1 aliphatic heterocycles. The highest BCUT2D eigenvalue weighted by Crippen LogP contribution is 2.05. The van der Waals surface area contributed by atoms with Crippen LogP contribution in [0.25, 0.3) is 0 Å². The molecule has 4 heteroatoms. The SMILES string of the molecule is CC(C)CCOC(=O)C1CN=CNC1. The van der Waals surface area contributed by atoms with Gasteiger partial charge in [0, 0.05) is 6.54 Å². The van der Waals surface area contributed by atoms with Gasteiger partial charge in [0.05, 0.1) is 25.4 Å². The van der Waals surface area contributed by atoms with Crippen molar-refractivity contribution in [1.82, 2.24) is 5.32 Å². The largest absolute Gasteiger partial charge is 0.465 e. The molecule has 0 bridgehead atoms. The molecule has 1 rings (SSSR count). The predicted octanol–water partition coefficient (Wildman–Crippen LogP) is 0.823. The number of carbonyl (C=O) groups is 1. The molecule has 14 heavy (non-hydrogen) atoms. The maximum Gasteiger partial charge on any atom is 0.312 e. The van der Waals surface area contributed by atoms with Crippen molar-refractivity contribution in [2.24, 2.45) is 16.8 Å². The minimum Gasteiger partial charge on any atom is -0.465 e. The standard InChI is InChI=1S/C10H18N2O2/c1-8(2)3-4-14-10(13)9-5-11-7-12-6-9/h7-9H,3-6H2,1-2H3,(H,11,12). The Morgan fingerprint density at radius 2 is 2.50 bits per heavy atom. The number of aliphatic imine (C=N–C) groups is 1. The molecule has 80 valence electrons. The number of carbonyl (C=O) groups excluding carboxylic acids is 1. The first kappa shape index (κ1) is 11.0. The Kier molecular flexibility index (Phi) is 4.43. The first-order valence-corrected chi connectivity index (χ1v) is 5.08. The van der Waals surface area contributed by atoms with Gasteiger partial charge in [-0.05, 0) is 12.3 Å². The lowest BCUT2D eigenvalue weighted by atomic mass is 10.1. The molecule has 0 fully saturated rings. The smallest absolute Gasteiger partial charge is 0.312 e. The van der Waals surface area contributed by atoms with E-state index in [9.17, 15) is 4.79 Å². The maximum absolute atomic E-state index is 11.4. The lowest BCUT2D eigenvalue weighted by Crippen LogP contribution is -2.35. The summed E-state index contributed by atoms with van der Waals surface area (Å²) < 4.78 is 5.14. The molecule has 0 spiro atoms. The van der Waals surface area contributed by atoms with E-state index in [0.29, 0.717) is 25.6 Å². The highest BCUT2D eigenvalue weighted by molar-refractivity contribution is 5.74. The van der Waals surface area contributed by atoms with E-state index < -0.39 is 0 Å². The van der Waals surface area contributed by atoms with Crippen LogP contribution in [0.4, 0.5) is 0 Å². The van der Waals surface area contributed by atoms with E-state index in [0.717, 1.165) is 6.42 Å². The number of hydrogen-bond acceptors (Lipinski definition) is 4. The third kappa shape index (κ3) is 3.77. The van der Waals surface area contributed by atoms with Crippen molar-refractivity contribution in [3.63, 3.8) is 0 Å². The van der Waals surface area contributed by atoms with Crippen LogP contribution in [0.2, 0.25) is 0 Å². The summed E-state index contributed by atoms with van der Waals surface area (Å²) in [6, 6.07) is 0. The van der Waals surface area contributed by atoms with E-state index in [1.165, 1.54) is 0 Å². The number of rotatable bonds is 4. The van der Waals surface area contributed by atoms with Crippen molar-refractivity contribution in [2.75, 3.05) is 19.7 Å². The first-order chi connectivity index (χ1) is 6.70. The summed E-state index contributed by atoms with van der Waals surface area (Å²) in [6.45, 7) is 5.94. The van der Waals surface area contributed by atoms with E-state index in [1.54, 1.807) is 6.34 Å². The average molecular weight is 198 g/mol. The minimum atomic E-state index is -0.130. The zero-order chi connectivity index (χ0) is 10.4. The van der Waals surface area contributed by atoms with Crippen LogP contribution < -0.4 is 5.32 Å². The van der Waals surface area contributed by atoms with Crippen molar-refractivity contribution in [2.45, 2.75) is 20.3 Å². The fourth-order valence-corrected chi connectivity index (χ4v) is 1.17. The fraction of sp³-hybridized carbons (Fsp3) is 0.800. The quantitative estimate of drug-likeness (QED) is 0.680. The van der Waals surface area contributed by atoms with Gasteiger partial charge in [-0.15, -0.1) is 0 Å². The number of nitrogens with zero attached hydrogens (tertiary/aromatic N) is 1. The molecule has 0 aromatic heterocycles. The number of ether oxygens (including phenoxy) is 1. The molecule has 1 N–H and O–H groups in total. The third-order valence-corrected chi connectivity index (χ3v) is 2.15. The van der Waals surface area contributed by atoms with Crippen LogP contribution in [0.5, 0.6) is 0 Å². The second-order valence-electron chi connectivity index (χ2n) is 3.95. The van der Waals surface area contributed by atoms with Crippen molar-refractivity contribution in [3.05, 3.63) is 0 Å². The maximum atomic E-state index is 11.4. The van der Waals surface area contributed by atoms with E-state index in [-0.39, 0.29) is 11.9 Å². The lowest BCUT2D eigenvalue weighted by Gasteiger charge is -2.17. The van der Waals surface area contributed by atoms with Gasteiger partial charge in [-0.1, -0.05) is 13.8 Å². The van der Waals surface area contributed by atoms with Crippen molar-refractivity contribution in [1.29, 1.82) is 0 Å². The first-order valence-electron chi connectivity index (χ1n) is 5.08. The van der Waals surface area contributed by atoms with E-state index >= 15 is 0 Å². The predicted molar refractivity (Wildman–Crippen MR) is 55.3 cm³/mol. The number of nitrogens with one attached hydrogen (secondary N) is 1. The molecule has 0 aliphatic carbocycles. The van der Waals surface area contributed by atoms with Crippen LogP contribution in [0.15, 0.2) is 4.99 Å². The average Bonchev–Trinajstić information content (AvgIpc) is 2.18. The molecular weight excluding hydrogens is 180 g/mol. The zero-order valence-corrected chi connectivity index (χ0v) is 8.82. The molecule has 1 aliphatic rings. The number of esters is 1. The van der Waals surface area contributed by atoms with Crippen LogP contribution in [-0.2, 0) is 9.53 Å². The Morgan fingerprint density at radius 1 is 1.71 bits per heavy atom. The van der Waals surface area contributed by atoms with Crippen molar-refractivity contribution < 1.29 is 9.53 Å². The summed E-state index contributed by atoms with van der Waals surface area (Å²) in [5.41, 5.74) is 0. The molecule has 1 heterocycles. The molecule has 0 saturated heterocycles. The van der Waals surface area contributed by atoms with Crippen LogP contribution in [0.1, 0.15) is 20.3 Å². The van der Waals surface area contributed by atoms with Crippen molar-refractivity contribution >= 4 is 12.3 Å². The van der Waals surface area contributed by atoms with Gasteiger partial charge in [0.2, 0.25) is 0 Å². The second-order valence-corrected chi connectivity index (χ2v) is 3.95. The van der Waals surface area contributed by atoms with Gasteiger partial charge in [-0.3, -0.25) is 9.79 Å². The fourth-order valence-electron chi connectivity index (χ4n) is 1.17. The van der Waals surface area contributed by atoms with Gasteiger partial charge < -0.3 is 10.1 Å². The Labute approximate surface area is 84.7 Å². The molecule has 4 nitrogen and oxygen atoms in total. The van der Waals surface area contributed by atoms with E-state index in [4.69, 9.17) is 4.74 Å². The van der Waals surface area contributed by atoms with Gasteiger partial charge >= 0.3 is 5.97 Å². The van der Waals surface area contributed by atoms with Gasteiger partial charge in [0.1, 0.15) is 0 Å². The Morgan fingerprint density at radius 3 is 3.07 bits per heavy atom. The normalized spacial score (nSPS) is 20.6. The van der Waals surface area contributed by atoms with E-state index in [2.05, 4.69) is 24.2 Å². The van der Waals surface area contributed by atoms with Gasteiger partial charge in [-0.25, -0.2) is 0 Å². The summed E-state index contributed by atoms with van der Waals surface area (Å²) in [6.07, 6.45) is 2.56. The molecule has 0 radical (unpaired) electrons. The molecular formula is C10H18N2O2. The monoisotopic (exact) mass is 198 g/mol. The van der Waals surface area contributed by atoms with Gasteiger partial charge in [0.25, 0.3) is 0 Å². The Balaban J connectivity index is 2.17. The lowest BCUT2D eigenvalue weighted by molar-refractivity contribution is -0.148. The van der Waals surface area contributed by atoms with E-state index in [1.807, 2.05) is 0 Å². The second kappa shape index (κ2) is 5.62. The highest BCUT2D eigenvalue weighted by atomic mass is 16.5. The molecule has 0 aromatic carbocycles. The Bertz CT molecular complexity index is 214. The summed E-state index contributed by atoms with van der Waals surface area (Å²) in [5.74, 6) is 0.340. The summed E-state index contributed by atoms with van der Waals surface area (Å²) in [5, 5.41) is 2.92. The summed E-state index contributed by atoms with van der Waals surface area (Å²) in [7, 11) is 0. The molecule has 1 unspecified atom stereocenters. The van der Waals surface area contributed by atoms with Crippen LogP contribution in [0.3, 0.4) is 0 Å². The zero-order valence-electron chi connectivity index (χ0n) is 8.82. The van der Waals surface area contributed by atoms with Crippen LogP contribution in [-0.4, -0.2) is 32.0 Å².